The van der Waals surface area contributed by atoms with Crippen molar-refractivity contribution in [2.24, 2.45) is 5.92 Å². The van der Waals surface area contributed by atoms with E-state index < -0.39 is 11.9 Å². The van der Waals surface area contributed by atoms with Crippen molar-refractivity contribution in [3.8, 4) is 11.5 Å². The Morgan fingerprint density at radius 1 is 1.11 bits per heavy atom. The van der Waals surface area contributed by atoms with Crippen molar-refractivity contribution in [1.82, 2.24) is 5.32 Å². The van der Waals surface area contributed by atoms with Crippen LogP contribution in [0.25, 0.3) is 0 Å². The van der Waals surface area contributed by atoms with Crippen LogP contribution in [0.5, 0.6) is 11.5 Å². The normalized spacial score (nSPS) is 22.2. The summed E-state index contributed by atoms with van der Waals surface area (Å²) in [6, 6.07) is 13.4. The number of rotatable bonds is 6. The van der Waals surface area contributed by atoms with Crippen LogP contribution in [-0.4, -0.2) is 37.7 Å². The minimum atomic E-state index is -0.407. The zero-order chi connectivity index (χ0) is 19.5. The summed E-state index contributed by atoms with van der Waals surface area (Å²) in [4.78, 5) is 24.0. The van der Waals surface area contributed by atoms with Crippen molar-refractivity contribution in [1.29, 1.82) is 0 Å². The first kappa shape index (κ1) is 18.3. The molecule has 0 bridgehead atoms. The molecular formula is C21H20FNO5. The average Bonchev–Trinajstić information content (AvgIpc) is 3.52. The number of benzene rings is 2. The molecule has 1 amide bonds. The number of halogens is 1. The minimum absolute atomic E-state index is 0.0315. The molecule has 1 fully saturated rings. The lowest BCUT2D eigenvalue weighted by molar-refractivity contribution is -0.150. The molecule has 2 aromatic rings. The summed E-state index contributed by atoms with van der Waals surface area (Å²) in [6.07, 6.45) is 0.347. The van der Waals surface area contributed by atoms with Gasteiger partial charge in [0.25, 0.3) is 5.91 Å². The monoisotopic (exact) mass is 385 g/mol. The van der Waals surface area contributed by atoms with Crippen molar-refractivity contribution < 1.29 is 28.2 Å². The zero-order valence-electron chi connectivity index (χ0n) is 15.1. The molecule has 1 N–H and O–H groups in total. The maximum absolute atomic E-state index is 13.0. The summed E-state index contributed by atoms with van der Waals surface area (Å²) in [7, 11) is 0. The predicted molar refractivity (Wildman–Crippen MR) is 97.6 cm³/mol. The summed E-state index contributed by atoms with van der Waals surface area (Å²) < 4.78 is 29.4. The largest absolute Gasteiger partial charge is 0.486 e. The Morgan fingerprint density at radius 2 is 1.86 bits per heavy atom. The van der Waals surface area contributed by atoms with E-state index in [2.05, 4.69) is 5.32 Å². The van der Waals surface area contributed by atoms with Gasteiger partial charge in [0.2, 0.25) is 0 Å². The lowest BCUT2D eigenvalue weighted by atomic mass is 10.1. The first-order valence-electron chi connectivity index (χ1n) is 9.17. The second-order valence-electron chi connectivity index (χ2n) is 6.91. The standard InChI is InChI=1S/C21H20FNO5/c22-14-7-5-13(6-8-14)16-9-17(16)21(25)27-12-20(24)23-10-15-11-26-18-3-1-2-4-19(18)28-15/h1-8,15-17H,9-12H2,(H,23,24). The molecule has 1 heterocycles. The number of hydrogen-bond donors (Lipinski definition) is 1. The number of amides is 1. The molecule has 2 aromatic carbocycles. The van der Waals surface area contributed by atoms with E-state index in [1.807, 2.05) is 18.2 Å². The van der Waals surface area contributed by atoms with Gasteiger partial charge < -0.3 is 19.5 Å². The lowest BCUT2D eigenvalue weighted by Crippen LogP contribution is -2.42. The van der Waals surface area contributed by atoms with Gasteiger partial charge in [-0.15, -0.1) is 0 Å². The smallest absolute Gasteiger partial charge is 0.310 e. The van der Waals surface area contributed by atoms with Gasteiger partial charge in [0.1, 0.15) is 18.5 Å². The van der Waals surface area contributed by atoms with Crippen molar-refractivity contribution in [2.75, 3.05) is 19.8 Å². The van der Waals surface area contributed by atoms with E-state index >= 15 is 0 Å². The van der Waals surface area contributed by atoms with Gasteiger partial charge >= 0.3 is 5.97 Å². The number of nitrogens with one attached hydrogen (secondary N) is 1. The highest BCUT2D eigenvalue weighted by atomic mass is 19.1. The molecule has 3 atom stereocenters. The summed E-state index contributed by atoms with van der Waals surface area (Å²) in [6.45, 7) is 0.250. The second kappa shape index (κ2) is 7.88. The van der Waals surface area contributed by atoms with E-state index in [1.54, 1.807) is 18.2 Å². The Bertz CT molecular complexity index is 869. The Labute approximate surface area is 161 Å². The lowest BCUT2D eigenvalue weighted by Gasteiger charge is -2.26. The molecule has 4 rings (SSSR count). The van der Waals surface area contributed by atoms with Crippen LogP contribution >= 0.6 is 0 Å². The van der Waals surface area contributed by atoms with E-state index in [1.165, 1.54) is 12.1 Å². The van der Waals surface area contributed by atoms with E-state index in [0.717, 1.165) is 5.56 Å². The van der Waals surface area contributed by atoms with Crippen LogP contribution in [0.15, 0.2) is 48.5 Å². The van der Waals surface area contributed by atoms with Crippen molar-refractivity contribution >= 4 is 11.9 Å². The van der Waals surface area contributed by atoms with Gasteiger partial charge in [-0.3, -0.25) is 9.59 Å². The number of hydrogen-bond acceptors (Lipinski definition) is 5. The highest BCUT2D eigenvalue weighted by Crippen LogP contribution is 2.48. The fourth-order valence-corrected chi connectivity index (χ4v) is 3.22. The SMILES string of the molecule is O=C(COC(=O)C1CC1c1ccc(F)cc1)NCC1COc2ccccc2O1. The Morgan fingerprint density at radius 3 is 2.64 bits per heavy atom. The van der Waals surface area contributed by atoms with Gasteiger partial charge in [-0.25, -0.2) is 4.39 Å². The molecule has 0 radical (unpaired) electrons. The van der Waals surface area contributed by atoms with E-state index in [4.69, 9.17) is 14.2 Å². The van der Waals surface area contributed by atoms with Gasteiger partial charge in [0.05, 0.1) is 12.5 Å². The molecule has 3 unspecified atom stereocenters. The number of esters is 1. The first-order chi connectivity index (χ1) is 13.6. The van der Waals surface area contributed by atoms with Gasteiger partial charge in [-0.05, 0) is 42.2 Å². The summed E-state index contributed by atoms with van der Waals surface area (Å²) in [5.41, 5.74) is 0.905. The quantitative estimate of drug-likeness (QED) is 0.773. The highest BCUT2D eigenvalue weighted by Gasteiger charge is 2.45. The predicted octanol–water partition coefficient (Wildman–Crippen LogP) is 2.43. The summed E-state index contributed by atoms with van der Waals surface area (Å²) in [5.74, 6) is -0.0329. The molecule has 7 heteroatoms. The van der Waals surface area contributed by atoms with Crippen LogP contribution in [0.3, 0.4) is 0 Å². The minimum Gasteiger partial charge on any atom is -0.486 e. The Kier molecular flexibility index (Phi) is 5.14. The molecule has 0 saturated heterocycles. The Hall–Kier alpha value is -3.09. The van der Waals surface area contributed by atoms with Crippen LogP contribution < -0.4 is 14.8 Å². The molecule has 1 saturated carbocycles. The van der Waals surface area contributed by atoms with Crippen LogP contribution in [-0.2, 0) is 14.3 Å². The average molecular weight is 385 g/mol. The molecule has 0 aromatic heterocycles. The Balaban J connectivity index is 1.17. The second-order valence-corrected chi connectivity index (χ2v) is 6.91. The summed E-state index contributed by atoms with van der Waals surface area (Å²) >= 11 is 0. The third-order valence-electron chi connectivity index (χ3n) is 4.83. The molecule has 2 aliphatic rings. The molecule has 146 valence electrons. The molecule has 1 aliphatic carbocycles. The van der Waals surface area contributed by atoms with Crippen molar-refractivity contribution in [3.63, 3.8) is 0 Å². The van der Waals surface area contributed by atoms with E-state index in [-0.39, 0.29) is 36.9 Å². The first-order valence-corrected chi connectivity index (χ1v) is 9.17. The van der Waals surface area contributed by atoms with Crippen LogP contribution in [0.1, 0.15) is 17.9 Å². The molecule has 6 nitrogen and oxygen atoms in total. The van der Waals surface area contributed by atoms with Gasteiger partial charge in [-0.2, -0.15) is 0 Å². The number of fused-ring (bicyclic) bond motifs is 1. The number of carbonyl (C=O) groups excluding carboxylic acids is 2. The fourth-order valence-electron chi connectivity index (χ4n) is 3.22. The number of carbonyl (C=O) groups is 2. The maximum atomic E-state index is 13.0. The van der Waals surface area contributed by atoms with Crippen molar-refractivity contribution in [2.45, 2.75) is 18.4 Å². The third kappa shape index (κ3) is 4.24. The third-order valence-corrected chi connectivity index (χ3v) is 4.83. The van der Waals surface area contributed by atoms with E-state index in [9.17, 15) is 14.0 Å². The van der Waals surface area contributed by atoms with Crippen LogP contribution in [0.4, 0.5) is 4.39 Å². The van der Waals surface area contributed by atoms with Crippen molar-refractivity contribution in [3.05, 3.63) is 59.9 Å². The van der Waals surface area contributed by atoms with Gasteiger partial charge in [0.15, 0.2) is 18.1 Å². The van der Waals surface area contributed by atoms with Crippen LogP contribution in [0.2, 0.25) is 0 Å². The fraction of sp³-hybridized carbons (Fsp3) is 0.333. The molecular weight excluding hydrogens is 365 g/mol. The maximum Gasteiger partial charge on any atom is 0.310 e. The van der Waals surface area contributed by atoms with Crippen LogP contribution in [0, 0.1) is 11.7 Å². The highest BCUT2D eigenvalue weighted by molar-refractivity contribution is 5.83. The molecule has 28 heavy (non-hydrogen) atoms. The topological polar surface area (TPSA) is 73.9 Å². The molecule has 0 spiro atoms. The molecule has 1 aliphatic heterocycles. The number of ether oxygens (including phenoxy) is 3. The van der Waals surface area contributed by atoms with Gasteiger partial charge in [-0.1, -0.05) is 24.3 Å². The van der Waals surface area contributed by atoms with Gasteiger partial charge in [0, 0.05) is 0 Å². The number of para-hydroxylation sites is 2. The van der Waals surface area contributed by atoms with E-state index in [0.29, 0.717) is 24.5 Å². The zero-order valence-corrected chi connectivity index (χ0v) is 15.1. The summed E-state index contributed by atoms with van der Waals surface area (Å²) in [5, 5.41) is 2.68.